The van der Waals surface area contributed by atoms with E-state index in [9.17, 15) is 29.1 Å². The molecule has 13 heteroatoms. The van der Waals surface area contributed by atoms with Crippen LogP contribution < -0.4 is 33.2 Å². The Labute approximate surface area is 193 Å². The number of rotatable bonds is 16. The van der Waals surface area contributed by atoms with Crippen molar-refractivity contribution in [1.82, 2.24) is 16.0 Å². The lowest BCUT2D eigenvalue weighted by Gasteiger charge is -2.27. The Morgan fingerprint density at radius 3 is 1.91 bits per heavy atom. The van der Waals surface area contributed by atoms with Crippen molar-refractivity contribution in [2.24, 2.45) is 23.1 Å². The van der Waals surface area contributed by atoms with Gasteiger partial charge < -0.3 is 43.4 Å². The third-order valence-electron chi connectivity index (χ3n) is 4.73. The minimum Gasteiger partial charge on any atom is -0.480 e. The largest absolute Gasteiger partial charge is 0.480 e. The maximum atomic E-state index is 12.8. The Morgan fingerprint density at radius 2 is 1.45 bits per heavy atom. The van der Waals surface area contributed by atoms with Crippen molar-refractivity contribution >= 4 is 29.6 Å². The van der Waals surface area contributed by atoms with Gasteiger partial charge in [0.2, 0.25) is 23.6 Å². The van der Waals surface area contributed by atoms with E-state index in [-0.39, 0.29) is 12.3 Å². The average Bonchev–Trinajstić information content (AvgIpc) is 2.69. The molecular formula is C20H38N6O7. The monoisotopic (exact) mass is 474 g/mol. The van der Waals surface area contributed by atoms with Crippen LogP contribution in [0.2, 0.25) is 0 Å². The molecule has 0 fully saturated rings. The number of carbonyl (C=O) groups is 5. The minimum absolute atomic E-state index is 0.0136. The molecule has 5 unspecified atom stereocenters. The zero-order valence-corrected chi connectivity index (χ0v) is 19.4. The van der Waals surface area contributed by atoms with Crippen molar-refractivity contribution in [3.05, 3.63) is 0 Å². The number of carbonyl (C=O) groups excluding carboxylic acids is 4. The quantitative estimate of drug-likeness (QED) is 0.108. The van der Waals surface area contributed by atoms with E-state index in [0.717, 1.165) is 0 Å². The van der Waals surface area contributed by atoms with Gasteiger partial charge in [-0.05, 0) is 38.6 Å². The molecule has 5 atom stereocenters. The maximum Gasteiger partial charge on any atom is 0.326 e. The van der Waals surface area contributed by atoms with Crippen molar-refractivity contribution in [2.45, 2.75) is 83.1 Å². The van der Waals surface area contributed by atoms with Gasteiger partial charge in [-0.2, -0.15) is 0 Å². The number of aliphatic hydroxyl groups excluding tert-OH is 1. The van der Waals surface area contributed by atoms with Crippen LogP contribution in [0.25, 0.3) is 0 Å². The van der Waals surface area contributed by atoms with Crippen LogP contribution >= 0.6 is 0 Å². The molecule has 0 radical (unpaired) electrons. The highest BCUT2D eigenvalue weighted by Crippen LogP contribution is 2.08. The second kappa shape index (κ2) is 15.1. The molecule has 0 aliphatic heterocycles. The Kier molecular flexibility index (Phi) is 13.9. The van der Waals surface area contributed by atoms with Gasteiger partial charge in [-0.1, -0.05) is 20.3 Å². The first-order valence-corrected chi connectivity index (χ1v) is 10.9. The summed E-state index contributed by atoms with van der Waals surface area (Å²) in [5.74, 6) is -4.80. The maximum absolute atomic E-state index is 12.8. The summed E-state index contributed by atoms with van der Waals surface area (Å²) >= 11 is 0. The summed E-state index contributed by atoms with van der Waals surface area (Å²) in [6, 6.07) is -5.07. The third kappa shape index (κ3) is 12.2. The van der Waals surface area contributed by atoms with Crippen LogP contribution in [0.3, 0.4) is 0 Å². The molecule has 4 amide bonds. The lowest BCUT2D eigenvalue weighted by atomic mass is 10.0. The predicted octanol–water partition coefficient (Wildman–Crippen LogP) is -2.72. The van der Waals surface area contributed by atoms with E-state index in [4.69, 9.17) is 22.3 Å². The van der Waals surface area contributed by atoms with Crippen LogP contribution in [0.5, 0.6) is 0 Å². The molecule has 11 N–H and O–H groups in total. The van der Waals surface area contributed by atoms with E-state index in [2.05, 4.69) is 16.0 Å². The van der Waals surface area contributed by atoms with Crippen molar-refractivity contribution in [2.75, 3.05) is 6.54 Å². The Balaban J connectivity index is 5.36. The van der Waals surface area contributed by atoms with Crippen LogP contribution in [0.15, 0.2) is 0 Å². The van der Waals surface area contributed by atoms with Crippen molar-refractivity contribution in [3.8, 4) is 0 Å². The van der Waals surface area contributed by atoms with Crippen LogP contribution in [0, 0.1) is 5.92 Å². The van der Waals surface area contributed by atoms with Crippen molar-refractivity contribution in [3.63, 3.8) is 0 Å². The number of hydrogen-bond donors (Lipinski definition) is 8. The summed E-state index contributed by atoms with van der Waals surface area (Å²) in [6.07, 6.45) is -0.127. The number of aliphatic hydroxyl groups is 1. The number of carboxylic acids is 1. The van der Waals surface area contributed by atoms with Gasteiger partial charge in [0.05, 0.1) is 18.6 Å². The smallest absolute Gasteiger partial charge is 0.326 e. The number of nitrogens with one attached hydrogen (secondary N) is 3. The first-order chi connectivity index (χ1) is 15.3. The van der Waals surface area contributed by atoms with Gasteiger partial charge in [-0.25, -0.2) is 4.79 Å². The first kappa shape index (κ1) is 30.2. The van der Waals surface area contributed by atoms with E-state index < -0.39 is 66.3 Å². The first-order valence-electron chi connectivity index (χ1n) is 10.9. The molecule has 0 heterocycles. The number of aliphatic carboxylic acids is 1. The summed E-state index contributed by atoms with van der Waals surface area (Å²) in [7, 11) is 0. The molecule has 0 bridgehead atoms. The fraction of sp³-hybridized carbons (Fsp3) is 0.750. The topological polar surface area (TPSA) is 240 Å². The van der Waals surface area contributed by atoms with E-state index in [0.29, 0.717) is 25.8 Å². The molecule has 0 saturated heterocycles. The van der Waals surface area contributed by atoms with E-state index in [1.807, 2.05) is 13.8 Å². The van der Waals surface area contributed by atoms with Crippen LogP contribution in [0.1, 0.15) is 52.9 Å². The number of nitrogens with two attached hydrogens (primary N) is 3. The molecule has 33 heavy (non-hydrogen) atoms. The van der Waals surface area contributed by atoms with Crippen molar-refractivity contribution < 1.29 is 34.2 Å². The standard InChI is InChI=1S/C20H38N6O7/c1-10(2)8-13(24-17(29)12(22)6-4-5-7-21)18(30)26-16(11(3)27)19(31)25-14(20(32)33)9-15(23)28/h10-14,16,27H,4-9,21-22H2,1-3H3,(H2,23,28)(H,24,29)(H,25,31)(H,26,30)(H,32,33). The molecule has 0 aliphatic carbocycles. The van der Waals surface area contributed by atoms with Gasteiger partial charge in [0.15, 0.2) is 0 Å². The zero-order chi connectivity index (χ0) is 25.7. The van der Waals surface area contributed by atoms with Crippen LogP contribution in [0.4, 0.5) is 0 Å². The highest BCUT2D eigenvalue weighted by atomic mass is 16.4. The molecule has 0 aliphatic rings. The number of primary amides is 1. The summed E-state index contributed by atoms with van der Waals surface area (Å²) in [5, 5.41) is 26.1. The van der Waals surface area contributed by atoms with E-state index in [1.165, 1.54) is 6.92 Å². The SMILES string of the molecule is CC(C)CC(NC(=O)C(N)CCCCN)C(=O)NC(C(=O)NC(CC(N)=O)C(=O)O)C(C)O. The van der Waals surface area contributed by atoms with Gasteiger partial charge in [0.1, 0.15) is 18.1 Å². The molecule has 0 rings (SSSR count). The molecular weight excluding hydrogens is 436 g/mol. The highest BCUT2D eigenvalue weighted by Gasteiger charge is 2.33. The number of carboxylic acid groups (broad SMARTS) is 1. The number of amides is 4. The Morgan fingerprint density at radius 1 is 0.879 bits per heavy atom. The molecule has 0 aromatic heterocycles. The predicted molar refractivity (Wildman–Crippen MR) is 119 cm³/mol. The van der Waals surface area contributed by atoms with Crippen molar-refractivity contribution in [1.29, 1.82) is 0 Å². The van der Waals surface area contributed by atoms with Gasteiger partial charge in [0, 0.05) is 0 Å². The van der Waals surface area contributed by atoms with Gasteiger partial charge >= 0.3 is 5.97 Å². The Bertz CT molecular complexity index is 686. The third-order valence-corrected chi connectivity index (χ3v) is 4.73. The zero-order valence-electron chi connectivity index (χ0n) is 19.4. The second-order valence-electron chi connectivity index (χ2n) is 8.38. The lowest BCUT2D eigenvalue weighted by Crippen LogP contribution is -2.60. The van der Waals surface area contributed by atoms with Gasteiger partial charge in [-0.3, -0.25) is 19.2 Å². The summed E-state index contributed by atoms with van der Waals surface area (Å²) in [4.78, 5) is 60.1. The summed E-state index contributed by atoms with van der Waals surface area (Å²) in [6.45, 7) is 5.34. The molecule has 0 saturated carbocycles. The molecule has 0 aromatic carbocycles. The molecule has 0 spiro atoms. The minimum atomic E-state index is -1.63. The number of unbranched alkanes of at least 4 members (excludes halogenated alkanes) is 1. The summed E-state index contributed by atoms with van der Waals surface area (Å²) in [5.41, 5.74) is 16.3. The van der Waals surface area contributed by atoms with Crippen LogP contribution in [-0.4, -0.2) is 76.6 Å². The normalized spacial score (nSPS) is 15.6. The average molecular weight is 475 g/mol. The summed E-state index contributed by atoms with van der Waals surface area (Å²) < 4.78 is 0. The lowest BCUT2D eigenvalue weighted by molar-refractivity contribution is -0.144. The fourth-order valence-corrected chi connectivity index (χ4v) is 2.94. The van der Waals surface area contributed by atoms with Gasteiger partial charge in [-0.15, -0.1) is 0 Å². The van der Waals surface area contributed by atoms with E-state index >= 15 is 0 Å². The highest BCUT2D eigenvalue weighted by molar-refractivity contribution is 5.95. The number of hydrogen-bond acceptors (Lipinski definition) is 8. The Hall–Kier alpha value is -2.77. The van der Waals surface area contributed by atoms with Crippen LogP contribution in [-0.2, 0) is 24.0 Å². The molecule has 190 valence electrons. The molecule has 13 nitrogen and oxygen atoms in total. The van der Waals surface area contributed by atoms with Gasteiger partial charge in [0.25, 0.3) is 0 Å². The van der Waals surface area contributed by atoms with E-state index in [1.54, 1.807) is 0 Å². The second-order valence-corrected chi connectivity index (χ2v) is 8.38. The molecule has 0 aromatic rings. The fourth-order valence-electron chi connectivity index (χ4n) is 2.94.